The smallest absolute Gasteiger partial charge is 0.239 e. The molecule has 1 aliphatic heterocycles. The van der Waals surface area contributed by atoms with Crippen LogP contribution in [0.25, 0.3) is 0 Å². The average Bonchev–Trinajstić information content (AvgIpc) is 2.64. The van der Waals surface area contributed by atoms with Gasteiger partial charge in [0.25, 0.3) is 0 Å². The highest BCUT2D eigenvalue weighted by molar-refractivity contribution is 5.85. The molecule has 0 saturated carbocycles. The number of rotatable bonds is 4. The summed E-state index contributed by atoms with van der Waals surface area (Å²) in [6.45, 7) is 7.83. The predicted molar refractivity (Wildman–Crippen MR) is 66.5 cm³/mol. The summed E-state index contributed by atoms with van der Waals surface area (Å²) < 4.78 is 0. The summed E-state index contributed by atoms with van der Waals surface area (Å²) in [6.07, 6.45) is 1.40. The van der Waals surface area contributed by atoms with Gasteiger partial charge in [-0.25, -0.2) is 0 Å². The lowest BCUT2D eigenvalue weighted by molar-refractivity contribution is -0.127. The Hall–Kier alpha value is -1.10. The maximum Gasteiger partial charge on any atom is 0.239 e. The van der Waals surface area contributed by atoms with E-state index < -0.39 is 0 Å². The Labute approximate surface area is 103 Å². The van der Waals surface area contributed by atoms with E-state index in [9.17, 15) is 9.59 Å². The molecule has 0 spiro atoms. The van der Waals surface area contributed by atoms with Gasteiger partial charge in [-0.2, -0.15) is 0 Å². The van der Waals surface area contributed by atoms with Gasteiger partial charge in [0.2, 0.25) is 11.8 Å². The lowest BCUT2D eigenvalue weighted by Crippen LogP contribution is -2.43. The maximum absolute atomic E-state index is 11.5. The minimum Gasteiger partial charge on any atom is -0.351 e. The fraction of sp³-hybridized carbons (Fsp3) is 0.833. The topological polar surface area (TPSA) is 70.2 Å². The highest BCUT2D eigenvalue weighted by Gasteiger charge is 2.18. The van der Waals surface area contributed by atoms with Crippen LogP contribution in [0.2, 0.25) is 0 Å². The summed E-state index contributed by atoms with van der Waals surface area (Å²) in [5.41, 5.74) is -0.0457. The van der Waals surface area contributed by atoms with E-state index >= 15 is 0 Å². The third-order valence-electron chi connectivity index (χ3n) is 2.56. The van der Waals surface area contributed by atoms with E-state index in [1.54, 1.807) is 0 Å². The fourth-order valence-electron chi connectivity index (χ4n) is 1.78. The molecule has 0 radical (unpaired) electrons. The van der Waals surface area contributed by atoms with Crippen LogP contribution < -0.4 is 16.0 Å². The number of carbonyl (C=O) groups excluding carboxylic acids is 2. The molecule has 0 aromatic rings. The molecular formula is C12H23N3O2. The molecule has 0 bridgehead atoms. The molecule has 1 rings (SSSR count). The first-order chi connectivity index (χ1) is 7.87. The van der Waals surface area contributed by atoms with Crippen molar-refractivity contribution in [2.45, 2.75) is 39.7 Å². The Morgan fingerprint density at radius 1 is 1.29 bits per heavy atom. The van der Waals surface area contributed by atoms with Crippen LogP contribution in [0.3, 0.4) is 0 Å². The van der Waals surface area contributed by atoms with Crippen molar-refractivity contribution in [3.63, 3.8) is 0 Å². The van der Waals surface area contributed by atoms with E-state index in [4.69, 9.17) is 0 Å². The molecule has 5 nitrogen and oxygen atoms in total. The minimum atomic E-state index is -0.110. The standard InChI is InChI=1S/C12H23N3O2/c1-12(2,3)6-10(16)14-8-11(17)15-9-4-5-13-7-9/h9,13H,4-8H2,1-3H3,(H,14,16)(H,15,17). The number of nitrogens with one attached hydrogen (secondary N) is 3. The van der Waals surface area contributed by atoms with E-state index in [-0.39, 0.29) is 29.8 Å². The molecule has 2 amide bonds. The first-order valence-electron chi connectivity index (χ1n) is 6.13. The van der Waals surface area contributed by atoms with Gasteiger partial charge in [-0.05, 0) is 18.4 Å². The fourth-order valence-corrected chi connectivity index (χ4v) is 1.78. The molecular weight excluding hydrogens is 218 g/mol. The van der Waals surface area contributed by atoms with Crippen molar-refractivity contribution in [1.29, 1.82) is 0 Å². The van der Waals surface area contributed by atoms with Crippen LogP contribution in [0.4, 0.5) is 0 Å². The van der Waals surface area contributed by atoms with Crippen molar-refractivity contribution >= 4 is 11.8 Å². The SMILES string of the molecule is CC(C)(C)CC(=O)NCC(=O)NC1CCNC1. The van der Waals surface area contributed by atoms with Gasteiger partial charge in [0.15, 0.2) is 0 Å². The first-order valence-corrected chi connectivity index (χ1v) is 6.13. The zero-order chi connectivity index (χ0) is 12.9. The zero-order valence-corrected chi connectivity index (χ0v) is 10.9. The van der Waals surface area contributed by atoms with E-state index in [1.807, 2.05) is 20.8 Å². The van der Waals surface area contributed by atoms with Crippen molar-refractivity contribution in [1.82, 2.24) is 16.0 Å². The van der Waals surface area contributed by atoms with Gasteiger partial charge in [0.1, 0.15) is 0 Å². The normalized spacial score (nSPS) is 20.1. The lowest BCUT2D eigenvalue weighted by atomic mass is 9.92. The van der Waals surface area contributed by atoms with Gasteiger partial charge < -0.3 is 16.0 Å². The van der Waals surface area contributed by atoms with Crippen molar-refractivity contribution in [2.75, 3.05) is 19.6 Å². The second-order valence-electron chi connectivity index (χ2n) is 5.77. The van der Waals surface area contributed by atoms with E-state index in [2.05, 4.69) is 16.0 Å². The highest BCUT2D eigenvalue weighted by atomic mass is 16.2. The molecule has 3 N–H and O–H groups in total. The summed E-state index contributed by atoms with van der Waals surface area (Å²) >= 11 is 0. The largest absolute Gasteiger partial charge is 0.351 e. The van der Waals surface area contributed by atoms with Crippen molar-refractivity contribution in [2.24, 2.45) is 5.41 Å². The Morgan fingerprint density at radius 2 is 2.00 bits per heavy atom. The van der Waals surface area contributed by atoms with Crippen LogP contribution in [0.5, 0.6) is 0 Å². The van der Waals surface area contributed by atoms with Crippen molar-refractivity contribution in [3.05, 3.63) is 0 Å². The van der Waals surface area contributed by atoms with E-state index in [0.717, 1.165) is 19.5 Å². The summed E-state index contributed by atoms with van der Waals surface area (Å²) in [5.74, 6) is -0.182. The van der Waals surface area contributed by atoms with Crippen LogP contribution >= 0.6 is 0 Å². The third-order valence-corrected chi connectivity index (χ3v) is 2.56. The number of carbonyl (C=O) groups is 2. The number of hydrogen-bond donors (Lipinski definition) is 3. The monoisotopic (exact) mass is 241 g/mol. The summed E-state index contributed by atoms with van der Waals surface area (Å²) in [6, 6.07) is 0.210. The Morgan fingerprint density at radius 3 is 2.53 bits per heavy atom. The Bertz CT molecular complexity index is 278. The number of hydrogen-bond acceptors (Lipinski definition) is 3. The van der Waals surface area contributed by atoms with Gasteiger partial charge in [-0.3, -0.25) is 9.59 Å². The summed E-state index contributed by atoms with van der Waals surface area (Å²) in [5, 5.41) is 8.69. The molecule has 98 valence electrons. The Kier molecular flexibility index (Phi) is 4.93. The molecule has 5 heteroatoms. The highest BCUT2D eigenvalue weighted by Crippen LogP contribution is 2.17. The molecule has 1 aliphatic rings. The number of amides is 2. The first kappa shape index (κ1) is 14.0. The lowest BCUT2D eigenvalue weighted by Gasteiger charge is -2.17. The van der Waals surface area contributed by atoms with E-state index in [0.29, 0.717) is 6.42 Å². The molecule has 1 saturated heterocycles. The van der Waals surface area contributed by atoms with Crippen LogP contribution in [0, 0.1) is 5.41 Å². The van der Waals surface area contributed by atoms with Gasteiger partial charge in [-0.15, -0.1) is 0 Å². The van der Waals surface area contributed by atoms with Gasteiger partial charge >= 0.3 is 0 Å². The van der Waals surface area contributed by atoms with Crippen molar-refractivity contribution < 1.29 is 9.59 Å². The van der Waals surface area contributed by atoms with Crippen LogP contribution in [-0.4, -0.2) is 37.5 Å². The van der Waals surface area contributed by atoms with Crippen LogP contribution in [-0.2, 0) is 9.59 Å². The van der Waals surface area contributed by atoms with Crippen LogP contribution in [0.15, 0.2) is 0 Å². The minimum absolute atomic E-state index is 0.0457. The third kappa shape index (κ3) is 6.26. The van der Waals surface area contributed by atoms with Gasteiger partial charge in [-0.1, -0.05) is 20.8 Å². The summed E-state index contributed by atoms with van der Waals surface area (Å²) in [7, 11) is 0. The predicted octanol–water partition coefficient (Wildman–Crippen LogP) is 0.0169. The average molecular weight is 241 g/mol. The molecule has 0 aromatic carbocycles. The maximum atomic E-state index is 11.5. The Balaban J connectivity index is 2.16. The molecule has 1 unspecified atom stereocenters. The van der Waals surface area contributed by atoms with Crippen LogP contribution in [0.1, 0.15) is 33.6 Å². The summed E-state index contributed by atoms with van der Waals surface area (Å²) in [4.78, 5) is 23.0. The molecule has 0 aliphatic carbocycles. The van der Waals surface area contributed by atoms with Gasteiger partial charge in [0.05, 0.1) is 6.54 Å². The zero-order valence-electron chi connectivity index (χ0n) is 10.9. The second-order valence-corrected chi connectivity index (χ2v) is 5.77. The van der Waals surface area contributed by atoms with E-state index in [1.165, 1.54) is 0 Å². The molecule has 1 fully saturated rings. The van der Waals surface area contributed by atoms with Gasteiger partial charge in [0, 0.05) is 19.0 Å². The second kappa shape index (κ2) is 6.00. The quantitative estimate of drug-likeness (QED) is 0.650. The molecule has 1 atom stereocenters. The molecule has 1 heterocycles. The molecule has 0 aromatic heterocycles. The molecule has 17 heavy (non-hydrogen) atoms. The van der Waals surface area contributed by atoms with Crippen molar-refractivity contribution in [3.8, 4) is 0 Å².